The van der Waals surface area contributed by atoms with Crippen LogP contribution < -0.4 is 5.32 Å². The molecule has 4 nitrogen and oxygen atoms in total. The molecule has 0 bridgehead atoms. The molecule has 0 radical (unpaired) electrons. The zero-order valence-corrected chi connectivity index (χ0v) is 13.9. The van der Waals surface area contributed by atoms with E-state index in [1.807, 2.05) is 6.92 Å². The van der Waals surface area contributed by atoms with E-state index in [0.29, 0.717) is 17.5 Å². The maximum absolute atomic E-state index is 4.64. The smallest absolute Gasteiger partial charge is 0.147 e. The van der Waals surface area contributed by atoms with Crippen LogP contribution in [0.5, 0.6) is 0 Å². The van der Waals surface area contributed by atoms with Crippen molar-refractivity contribution in [1.82, 2.24) is 20.1 Å². The summed E-state index contributed by atoms with van der Waals surface area (Å²) in [6, 6.07) is 0.949. The van der Waals surface area contributed by atoms with Gasteiger partial charge in [0.15, 0.2) is 0 Å². The molecule has 4 heteroatoms. The van der Waals surface area contributed by atoms with Crippen LogP contribution in [0.3, 0.4) is 0 Å². The second-order valence-corrected chi connectivity index (χ2v) is 6.97. The van der Waals surface area contributed by atoms with Crippen LogP contribution in [-0.4, -0.2) is 27.9 Å². The SMILES string of the molecule is CCC(C)(C)C1CCC(NC)C(n2nc(C)nc2C)C1. The number of hydrogen-bond donors (Lipinski definition) is 1. The van der Waals surface area contributed by atoms with Crippen molar-refractivity contribution >= 4 is 0 Å². The third-order valence-corrected chi connectivity index (χ3v) is 5.43. The third kappa shape index (κ3) is 2.90. The van der Waals surface area contributed by atoms with Gasteiger partial charge in [0.2, 0.25) is 0 Å². The molecule has 0 amide bonds. The van der Waals surface area contributed by atoms with Gasteiger partial charge in [0.1, 0.15) is 11.6 Å². The molecule has 1 saturated carbocycles. The molecule has 3 atom stereocenters. The first-order valence-corrected chi connectivity index (χ1v) is 7.96. The van der Waals surface area contributed by atoms with Gasteiger partial charge >= 0.3 is 0 Å². The van der Waals surface area contributed by atoms with Crippen molar-refractivity contribution in [2.24, 2.45) is 11.3 Å². The summed E-state index contributed by atoms with van der Waals surface area (Å²) in [5.74, 6) is 2.70. The fourth-order valence-corrected chi connectivity index (χ4v) is 3.60. The van der Waals surface area contributed by atoms with Crippen LogP contribution in [0.15, 0.2) is 0 Å². The zero-order chi connectivity index (χ0) is 14.9. The zero-order valence-electron chi connectivity index (χ0n) is 13.9. The second kappa shape index (κ2) is 5.84. The largest absolute Gasteiger partial charge is 0.315 e. The highest BCUT2D eigenvalue weighted by atomic mass is 15.4. The van der Waals surface area contributed by atoms with Gasteiger partial charge in [0.05, 0.1) is 6.04 Å². The molecule has 2 rings (SSSR count). The minimum Gasteiger partial charge on any atom is -0.315 e. The summed E-state index contributed by atoms with van der Waals surface area (Å²) in [7, 11) is 2.07. The van der Waals surface area contributed by atoms with E-state index in [9.17, 15) is 0 Å². The lowest BCUT2D eigenvalue weighted by Crippen LogP contribution is -2.43. The predicted molar refractivity (Wildman–Crippen MR) is 82.8 cm³/mol. The van der Waals surface area contributed by atoms with E-state index in [0.717, 1.165) is 17.6 Å². The minimum absolute atomic E-state index is 0.417. The fourth-order valence-electron chi connectivity index (χ4n) is 3.60. The highest BCUT2D eigenvalue weighted by Gasteiger charge is 2.38. The Morgan fingerprint density at radius 3 is 2.50 bits per heavy atom. The first-order valence-electron chi connectivity index (χ1n) is 7.96. The van der Waals surface area contributed by atoms with Gasteiger partial charge in [-0.1, -0.05) is 27.2 Å². The van der Waals surface area contributed by atoms with E-state index in [-0.39, 0.29) is 0 Å². The molecule has 0 aliphatic heterocycles. The van der Waals surface area contributed by atoms with E-state index < -0.39 is 0 Å². The molecule has 114 valence electrons. The van der Waals surface area contributed by atoms with Gasteiger partial charge in [-0.2, -0.15) is 5.10 Å². The Balaban J connectivity index is 2.25. The summed E-state index contributed by atoms with van der Waals surface area (Å²) >= 11 is 0. The summed E-state index contributed by atoms with van der Waals surface area (Å²) in [6.45, 7) is 11.2. The fraction of sp³-hybridized carbons (Fsp3) is 0.875. The van der Waals surface area contributed by atoms with E-state index in [1.54, 1.807) is 0 Å². The standard InChI is InChI=1S/C16H30N4/c1-7-16(4,5)13-8-9-14(17-6)15(10-13)20-12(3)18-11(2)19-20/h13-15,17H,7-10H2,1-6H3. The second-order valence-electron chi connectivity index (χ2n) is 6.97. The normalized spacial score (nSPS) is 27.8. The number of likely N-dealkylation sites (N-methyl/N-ethyl adjacent to an activating group) is 1. The van der Waals surface area contributed by atoms with Gasteiger partial charge in [-0.05, 0) is 51.5 Å². The Bertz CT molecular complexity index is 449. The number of aryl methyl sites for hydroxylation is 2. The topological polar surface area (TPSA) is 42.7 Å². The molecule has 1 fully saturated rings. The molecule has 1 aliphatic carbocycles. The molecule has 1 aromatic heterocycles. The Labute approximate surface area is 123 Å². The van der Waals surface area contributed by atoms with Gasteiger partial charge in [-0.25, -0.2) is 9.67 Å². The van der Waals surface area contributed by atoms with Gasteiger partial charge in [-0.3, -0.25) is 0 Å². The Morgan fingerprint density at radius 2 is 2.00 bits per heavy atom. The van der Waals surface area contributed by atoms with E-state index in [2.05, 4.69) is 54.8 Å². The molecule has 1 N–H and O–H groups in total. The lowest BCUT2D eigenvalue weighted by atomic mass is 9.67. The van der Waals surface area contributed by atoms with E-state index in [4.69, 9.17) is 0 Å². The molecule has 1 aromatic rings. The molecular formula is C16H30N4. The third-order valence-electron chi connectivity index (χ3n) is 5.43. The Morgan fingerprint density at radius 1 is 1.30 bits per heavy atom. The average molecular weight is 278 g/mol. The monoisotopic (exact) mass is 278 g/mol. The first kappa shape index (κ1) is 15.5. The molecule has 20 heavy (non-hydrogen) atoms. The van der Waals surface area contributed by atoms with E-state index >= 15 is 0 Å². The molecule has 1 aliphatic rings. The van der Waals surface area contributed by atoms with Crippen LogP contribution in [0.25, 0.3) is 0 Å². The number of nitrogens with one attached hydrogen (secondary N) is 1. The number of aromatic nitrogens is 3. The van der Waals surface area contributed by atoms with Crippen LogP contribution in [0.1, 0.15) is 64.1 Å². The molecule has 0 spiro atoms. The summed E-state index contributed by atoms with van der Waals surface area (Å²) in [5.41, 5.74) is 0.417. The van der Waals surface area contributed by atoms with E-state index in [1.165, 1.54) is 25.7 Å². The molecule has 1 heterocycles. The number of nitrogens with zero attached hydrogens (tertiary/aromatic N) is 3. The lowest BCUT2D eigenvalue weighted by molar-refractivity contribution is 0.0972. The van der Waals surface area contributed by atoms with Crippen LogP contribution in [0, 0.1) is 25.2 Å². The lowest BCUT2D eigenvalue weighted by Gasteiger charge is -2.43. The van der Waals surface area contributed by atoms with Crippen molar-refractivity contribution in [1.29, 1.82) is 0 Å². The van der Waals surface area contributed by atoms with Crippen LogP contribution >= 0.6 is 0 Å². The van der Waals surface area contributed by atoms with Crippen molar-refractivity contribution in [2.75, 3.05) is 7.05 Å². The van der Waals surface area contributed by atoms with Crippen LogP contribution in [-0.2, 0) is 0 Å². The Hall–Kier alpha value is -0.900. The summed E-state index contributed by atoms with van der Waals surface area (Å²) < 4.78 is 2.16. The van der Waals surface area contributed by atoms with Crippen molar-refractivity contribution in [3.63, 3.8) is 0 Å². The molecule has 0 saturated heterocycles. The van der Waals surface area contributed by atoms with Gasteiger partial charge in [0, 0.05) is 6.04 Å². The molecular weight excluding hydrogens is 248 g/mol. The highest BCUT2D eigenvalue weighted by molar-refractivity contribution is 4.97. The van der Waals surface area contributed by atoms with Gasteiger partial charge < -0.3 is 5.32 Å². The first-order chi connectivity index (χ1) is 9.39. The maximum Gasteiger partial charge on any atom is 0.147 e. The van der Waals surface area contributed by atoms with Crippen molar-refractivity contribution < 1.29 is 0 Å². The average Bonchev–Trinajstić information content (AvgIpc) is 2.76. The maximum atomic E-state index is 4.64. The summed E-state index contributed by atoms with van der Waals surface area (Å²) in [5, 5.41) is 8.13. The minimum atomic E-state index is 0.417. The number of rotatable bonds is 4. The Kier molecular flexibility index (Phi) is 4.52. The molecule has 0 aromatic carbocycles. The van der Waals surface area contributed by atoms with Crippen molar-refractivity contribution in [3.8, 4) is 0 Å². The van der Waals surface area contributed by atoms with Gasteiger partial charge in [-0.15, -0.1) is 0 Å². The number of hydrogen-bond acceptors (Lipinski definition) is 3. The highest BCUT2D eigenvalue weighted by Crippen LogP contribution is 2.44. The van der Waals surface area contributed by atoms with Gasteiger partial charge in [0.25, 0.3) is 0 Å². The van der Waals surface area contributed by atoms with Crippen LogP contribution in [0.2, 0.25) is 0 Å². The predicted octanol–water partition coefficient (Wildman–Crippen LogP) is 3.26. The quantitative estimate of drug-likeness (QED) is 0.919. The van der Waals surface area contributed by atoms with Crippen LogP contribution in [0.4, 0.5) is 0 Å². The molecule has 3 unspecified atom stereocenters. The summed E-state index contributed by atoms with van der Waals surface area (Å²) in [4.78, 5) is 4.49. The summed E-state index contributed by atoms with van der Waals surface area (Å²) in [6.07, 6.45) is 4.99. The van der Waals surface area contributed by atoms with Crippen molar-refractivity contribution in [2.45, 2.75) is 72.4 Å². The van der Waals surface area contributed by atoms with Crippen molar-refractivity contribution in [3.05, 3.63) is 11.6 Å².